The molecule has 2 aliphatic heterocycles. The van der Waals surface area contributed by atoms with Crippen molar-refractivity contribution in [3.63, 3.8) is 0 Å². The Balaban J connectivity index is 1.04. The molecule has 226 valence electrons. The Bertz CT molecular complexity index is 1810. The number of ether oxygens (including phenoxy) is 1. The van der Waals surface area contributed by atoms with Gasteiger partial charge in [-0.15, -0.1) is 0 Å². The Kier molecular flexibility index (Phi) is 5.70. The molecule has 1 aromatic heterocycles. The van der Waals surface area contributed by atoms with E-state index >= 15 is 0 Å². The molecule has 0 radical (unpaired) electrons. The predicted octanol–water partition coefficient (Wildman–Crippen LogP) is 4.22. The minimum absolute atomic E-state index is 0.0228. The van der Waals surface area contributed by atoms with Gasteiger partial charge in [0.2, 0.25) is 0 Å². The Morgan fingerprint density at radius 1 is 1.11 bits per heavy atom. The monoisotopic (exact) mass is 589 g/mol. The van der Waals surface area contributed by atoms with Gasteiger partial charge in [0.15, 0.2) is 23.6 Å². The van der Waals surface area contributed by atoms with Gasteiger partial charge in [0, 0.05) is 42.0 Å². The van der Waals surface area contributed by atoms with Gasteiger partial charge in [-0.3, -0.25) is 4.90 Å². The molecule has 8 heteroatoms. The molecular formula is C36H39N5O3. The fourth-order valence-corrected chi connectivity index (χ4v) is 8.98. The topological polar surface area (TPSA) is 119 Å². The number of fused-ring (bicyclic) bond motifs is 4. The molecule has 1 saturated carbocycles. The van der Waals surface area contributed by atoms with Crippen LogP contribution in [0.2, 0.25) is 0 Å². The van der Waals surface area contributed by atoms with Gasteiger partial charge in [0.05, 0.1) is 23.3 Å². The molecule has 3 heterocycles. The molecule has 9 rings (SSSR count). The summed E-state index contributed by atoms with van der Waals surface area (Å²) in [6.45, 7) is 3.24. The van der Waals surface area contributed by atoms with Gasteiger partial charge in [0.25, 0.3) is 0 Å². The van der Waals surface area contributed by atoms with Crippen LogP contribution in [0.5, 0.6) is 11.5 Å². The number of guanidine groups is 1. The number of nitrogens with two attached hydrogens (primary N) is 1. The first kappa shape index (κ1) is 26.4. The summed E-state index contributed by atoms with van der Waals surface area (Å²) < 4.78 is 6.74. The van der Waals surface area contributed by atoms with Gasteiger partial charge in [-0.05, 0) is 85.0 Å². The third-order valence-electron chi connectivity index (χ3n) is 11.2. The van der Waals surface area contributed by atoms with Crippen LogP contribution in [0.25, 0.3) is 10.9 Å². The standard InChI is InChI=1S/C36H39N5O3/c37-34(39-19-22-4-2-1-3-5-22)38-14-12-21-8-10-27-25(16-21)26-18-36(43)29-17-24-9-11-28(42)32-30(24)35(36,33(44-32)31(26)40-27)13-15-41(29)20-23-6-7-23/h1-5,8-11,16,23,29,33,40,42-43H,6-7,12-15,17-20H2,(H3,37,38,39)/t29?,33-,35-,36+/m0/s1. The van der Waals surface area contributed by atoms with E-state index in [1.165, 1.54) is 24.0 Å². The molecule has 4 atom stereocenters. The second-order valence-electron chi connectivity index (χ2n) is 13.7. The Labute approximate surface area is 256 Å². The third kappa shape index (κ3) is 3.73. The third-order valence-corrected chi connectivity index (χ3v) is 11.2. The van der Waals surface area contributed by atoms with E-state index in [0.717, 1.165) is 71.6 Å². The zero-order valence-corrected chi connectivity index (χ0v) is 24.9. The summed E-state index contributed by atoms with van der Waals surface area (Å²) >= 11 is 0. The normalized spacial score (nSPS) is 28.4. The molecule has 6 N–H and O–H groups in total. The summed E-state index contributed by atoms with van der Waals surface area (Å²) in [5, 5.41) is 28.4. The van der Waals surface area contributed by atoms with Gasteiger partial charge < -0.3 is 31.0 Å². The van der Waals surface area contributed by atoms with Crippen molar-refractivity contribution in [1.29, 1.82) is 0 Å². The number of aromatic amines is 1. The molecule has 0 amide bonds. The Morgan fingerprint density at radius 2 is 1.98 bits per heavy atom. The number of nitrogens with zero attached hydrogens (tertiary/aromatic N) is 2. The van der Waals surface area contributed by atoms with E-state index in [1.807, 2.05) is 30.3 Å². The highest BCUT2D eigenvalue weighted by atomic mass is 16.5. The van der Waals surface area contributed by atoms with Gasteiger partial charge in [-0.2, -0.15) is 0 Å². The van der Waals surface area contributed by atoms with Crippen LogP contribution in [0, 0.1) is 5.92 Å². The molecule has 5 aliphatic rings. The van der Waals surface area contributed by atoms with Crippen LogP contribution in [0.1, 0.15) is 58.9 Å². The number of hydrogen-bond donors (Lipinski definition) is 5. The van der Waals surface area contributed by atoms with E-state index in [0.29, 0.717) is 31.2 Å². The average molecular weight is 590 g/mol. The van der Waals surface area contributed by atoms with Gasteiger partial charge >= 0.3 is 0 Å². The van der Waals surface area contributed by atoms with Crippen LogP contribution in [-0.2, 0) is 31.2 Å². The van der Waals surface area contributed by atoms with Crippen LogP contribution in [0.4, 0.5) is 0 Å². The minimum atomic E-state index is -0.986. The molecule has 1 spiro atoms. The summed E-state index contributed by atoms with van der Waals surface area (Å²) in [5.41, 5.74) is 12.5. The van der Waals surface area contributed by atoms with Crippen LogP contribution < -0.4 is 15.8 Å². The second kappa shape index (κ2) is 9.49. The molecule has 44 heavy (non-hydrogen) atoms. The van der Waals surface area contributed by atoms with Crippen LogP contribution in [0.15, 0.2) is 65.7 Å². The lowest BCUT2D eigenvalue weighted by molar-refractivity contribution is -0.173. The smallest absolute Gasteiger partial charge is 0.188 e. The maximum atomic E-state index is 13.1. The number of rotatable bonds is 7. The number of phenols is 1. The quantitative estimate of drug-likeness (QED) is 0.163. The number of likely N-dealkylation sites (tertiary alicyclic amines) is 1. The highest BCUT2D eigenvalue weighted by molar-refractivity contribution is 5.87. The van der Waals surface area contributed by atoms with Crippen LogP contribution in [0.3, 0.4) is 0 Å². The molecule has 2 fully saturated rings. The summed E-state index contributed by atoms with van der Waals surface area (Å²) in [7, 11) is 0. The number of aliphatic hydroxyl groups is 1. The number of nitrogens with one attached hydrogen (secondary N) is 2. The van der Waals surface area contributed by atoms with Crippen molar-refractivity contribution in [1.82, 2.24) is 15.2 Å². The number of hydrogen-bond acceptors (Lipinski definition) is 5. The number of phenolic OH excluding ortho intramolecular Hbond substituents is 1. The lowest BCUT2D eigenvalue weighted by Crippen LogP contribution is -2.74. The Morgan fingerprint density at radius 3 is 2.82 bits per heavy atom. The van der Waals surface area contributed by atoms with Crippen molar-refractivity contribution in [2.75, 3.05) is 19.6 Å². The molecule has 1 unspecified atom stereocenters. The second-order valence-corrected chi connectivity index (χ2v) is 13.7. The Hall–Kier alpha value is -4.01. The van der Waals surface area contributed by atoms with E-state index in [-0.39, 0.29) is 17.9 Å². The van der Waals surface area contributed by atoms with Crippen molar-refractivity contribution >= 4 is 16.9 Å². The number of aliphatic imine (C=N–C) groups is 1. The van der Waals surface area contributed by atoms with E-state index < -0.39 is 11.0 Å². The highest BCUT2D eigenvalue weighted by Crippen LogP contribution is 2.69. The predicted molar refractivity (Wildman–Crippen MR) is 170 cm³/mol. The largest absolute Gasteiger partial charge is 0.504 e. The lowest BCUT2D eigenvalue weighted by atomic mass is 9.49. The molecular weight excluding hydrogens is 550 g/mol. The number of piperidine rings is 1. The SMILES string of the molecule is NC(=NCc1ccccc1)NCCc1ccc2[nH]c3c(c2c1)C[C@@]1(O)C2Cc4ccc(O)c5c4[C@@]1(CCN2CC1CC1)[C@H]3O5. The number of H-pyrrole nitrogens is 1. The summed E-state index contributed by atoms with van der Waals surface area (Å²) in [5.74, 6) is 1.94. The molecule has 4 aromatic rings. The van der Waals surface area contributed by atoms with Crippen LogP contribution in [-0.4, -0.2) is 57.3 Å². The minimum Gasteiger partial charge on any atom is -0.504 e. The average Bonchev–Trinajstić information content (AvgIpc) is 3.67. The van der Waals surface area contributed by atoms with E-state index in [4.69, 9.17) is 10.5 Å². The highest BCUT2D eigenvalue weighted by Gasteiger charge is 2.72. The lowest BCUT2D eigenvalue weighted by Gasteiger charge is -2.62. The maximum absolute atomic E-state index is 13.1. The first-order valence-corrected chi connectivity index (χ1v) is 16.1. The molecule has 1 saturated heterocycles. The van der Waals surface area contributed by atoms with Crippen molar-refractivity contribution < 1.29 is 14.9 Å². The fraction of sp³-hybridized carbons (Fsp3) is 0.417. The van der Waals surface area contributed by atoms with E-state index in [9.17, 15) is 10.2 Å². The number of benzene rings is 3. The van der Waals surface area contributed by atoms with Crippen molar-refractivity contribution in [2.45, 2.75) is 68.2 Å². The van der Waals surface area contributed by atoms with E-state index in [1.54, 1.807) is 6.07 Å². The van der Waals surface area contributed by atoms with Gasteiger partial charge in [0.1, 0.15) is 0 Å². The zero-order chi connectivity index (χ0) is 29.6. The summed E-state index contributed by atoms with van der Waals surface area (Å²) in [6, 6.07) is 20.5. The van der Waals surface area contributed by atoms with Crippen molar-refractivity contribution in [3.05, 3.63) is 94.2 Å². The van der Waals surface area contributed by atoms with Crippen molar-refractivity contribution in [2.24, 2.45) is 16.6 Å². The number of aromatic hydroxyl groups is 1. The van der Waals surface area contributed by atoms with Gasteiger partial charge in [-0.25, -0.2) is 4.99 Å². The maximum Gasteiger partial charge on any atom is 0.188 e. The molecule has 3 aromatic carbocycles. The zero-order valence-electron chi connectivity index (χ0n) is 24.9. The van der Waals surface area contributed by atoms with Crippen LogP contribution >= 0.6 is 0 Å². The number of aromatic nitrogens is 1. The fourth-order valence-electron chi connectivity index (χ4n) is 8.98. The summed E-state index contributed by atoms with van der Waals surface area (Å²) in [4.78, 5) is 10.8. The van der Waals surface area contributed by atoms with E-state index in [2.05, 4.69) is 44.5 Å². The van der Waals surface area contributed by atoms with Gasteiger partial charge in [-0.1, -0.05) is 42.5 Å². The van der Waals surface area contributed by atoms with Crippen molar-refractivity contribution in [3.8, 4) is 11.5 Å². The molecule has 2 bridgehead atoms. The first-order chi connectivity index (χ1) is 21.4. The molecule has 3 aliphatic carbocycles. The molecule has 8 nitrogen and oxygen atoms in total. The first-order valence-electron chi connectivity index (χ1n) is 16.1. The summed E-state index contributed by atoms with van der Waals surface area (Å²) in [6.07, 6.45) is 5.20.